The Morgan fingerprint density at radius 2 is 1.93 bits per heavy atom. The topological polar surface area (TPSA) is 12.0 Å². The molecule has 0 aliphatic heterocycles. The highest BCUT2D eigenvalue weighted by Gasteiger charge is 2.38. The van der Waals surface area contributed by atoms with Crippen LogP contribution >= 0.6 is 0 Å². The van der Waals surface area contributed by atoms with Crippen molar-refractivity contribution >= 4 is 0 Å². The Bertz CT molecular complexity index is 315. The molecule has 0 aromatic heterocycles. The van der Waals surface area contributed by atoms with Gasteiger partial charge >= 0.3 is 0 Å². The number of nitrogens with one attached hydrogen (secondary N) is 1. The fourth-order valence-corrected chi connectivity index (χ4v) is 2.50. The molecule has 0 amide bonds. The SMILES string of the molecule is c1ccc(C2CC2NCC2CCC2)cc1. The standard InChI is InChI=1S/C14H19N/c1-2-7-12(8-3-1)13-9-14(13)15-10-11-5-4-6-11/h1-3,7-8,11,13-15H,4-6,9-10H2. The van der Waals surface area contributed by atoms with Crippen LogP contribution in [0.4, 0.5) is 0 Å². The molecule has 1 aromatic carbocycles. The molecule has 2 atom stereocenters. The normalized spacial score (nSPS) is 29.9. The molecular formula is C14H19N. The third-order valence-electron chi connectivity index (χ3n) is 3.91. The Morgan fingerprint density at radius 1 is 1.13 bits per heavy atom. The van der Waals surface area contributed by atoms with Gasteiger partial charge in [0.15, 0.2) is 0 Å². The van der Waals surface area contributed by atoms with Crippen LogP contribution < -0.4 is 5.32 Å². The molecule has 0 spiro atoms. The minimum atomic E-state index is 0.771. The molecule has 0 bridgehead atoms. The zero-order valence-corrected chi connectivity index (χ0v) is 9.15. The average Bonchev–Trinajstić information content (AvgIpc) is 2.96. The first kappa shape index (κ1) is 9.41. The second-order valence-electron chi connectivity index (χ2n) is 5.06. The van der Waals surface area contributed by atoms with E-state index < -0.39 is 0 Å². The van der Waals surface area contributed by atoms with E-state index in [-0.39, 0.29) is 0 Å². The summed E-state index contributed by atoms with van der Waals surface area (Å²) in [6, 6.07) is 11.7. The first-order valence-electron chi connectivity index (χ1n) is 6.22. The first-order valence-corrected chi connectivity index (χ1v) is 6.22. The van der Waals surface area contributed by atoms with Crippen molar-refractivity contribution in [3.05, 3.63) is 35.9 Å². The fourth-order valence-electron chi connectivity index (χ4n) is 2.50. The van der Waals surface area contributed by atoms with E-state index in [1.165, 1.54) is 37.8 Å². The van der Waals surface area contributed by atoms with E-state index in [0.29, 0.717) is 0 Å². The van der Waals surface area contributed by atoms with Crippen molar-refractivity contribution in [3.8, 4) is 0 Å². The van der Waals surface area contributed by atoms with Crippen LogP contribution in [0, 0.1) is 5.92 Å². The van der Waals surface area contributed by atoms with E-state index in [1.807, 2.05) is 0 Å². The van der Waals surface area contributed by atoms with Crippen LogP contribution in [0.2, 0.25) is 0 Å². The van der Waals surface area contributed by atoms with Gasteiger partial charge in [0.1, 0.15) is 0 Å². The van der Waals surface area contributed by atoms with Crippen molar-refractivity contribution in [2.45, 2.75) is 37.6 Å². The first-order chi connectivity index (χ1) is 7.43. The van der Waals surface area contributed by atoms with Gasteiger partial charge in [-0.3, -0.25) is 0 Å². The lowest BCUT2D eigenvalue weighted by molar-refractivity contribution is 0.300. The summed E-state index contributed by atoms with van der Waals surface area (Å²) in [6.07, 6.45) is 5.71. The third kappa shape index (κ3) is 2.07. The van der Waals surface area contributed by atoms with Gasteiger partial charge in [-0.1, -0.05) is 36.8 Å². The van der Waals surface area contributed by atoms with Crippen LogP contribution in [0.25, 0.3) is 0 Å². The van der Waals surface area contributed by atoms with Crippen LogP contribution in [0.3, 0.4) is 0 Å². The fraction of sp³-hybridized carbons (Fsp3) is 0.571. The van der Waals surface area contributed by atoms with Crippen molar-refractivity contribution < 1.29 is 0 Å². The number of hydrogen-bond donors (Lipinski definition) is 1. The smallest absolute Gasteiger partial charge is 0.0143 e. The maximum Gasteiger partial charge on any atom is 0.0143 e. The number of benzene rings is 1. The minimum Gasteiger partial charge on any atom is -0.313 e. The van der Waals surface area contributed by atoms with Crippen LogP contribution in [0.1, 0.15) is 37.2 Å². The Kier molecular flexibility index (Phi) is 2.49. The van der Waals surface area contributed by atoms with Crippen molar-refractivity contribution in [1.29, 1.82) is 0 Å². The molecule has 3 rings (SSSR count). The molecule has 15 heavy (non-hydrogen) atoms. The molecule has 1 heteroatoms. The summed E-state index contributed by atoms with van der Waals surface area (Å²) in [7, 11) is 0. The maximum absolute atomic E-state index is 3.71. The Hall–Kier alpha value is -0.820. The lowest BCUT2D eigenvalue weighted by Gasteiger charge is -2.25. The lowest BCUT2D eigenvalue weighted by atomic mass is 9.85. The second kappa shape index (κ2) is 3.97. The van der Waals surface area contributed by atoms with E-state index in [1.54, 1.807) is 0 Å². The highest BCUT2D eigenvalue weighted by atomic mass is 15.0. The third-order valence-corrected chi connectivity index (χ3v) is 3.91. The Labute approximate surface area is 91.9 Å². The summed E-state index contributed by atoms with van der Waals surface area (Å²) in [5, 5.41) is 3.71. The van der Waals surface area contributed by atoms with Gasteiger partial charge in [-0.2, -0.15) is 0 Å². The molecule has 0 heterocycles. The molecule has 1 nitrogen and oxygen atoms in total. The zero-order valence-electron chi connectivity index (χ0n) is 9.15. The average molecular weight is 201 g/mol. The van der Waals surface area contributed by atoms with Gasteiger partial charge in [0.05, 0.1) is 0 Å². The van der Waals surface area contributed by atoms with E-state index in [2.05, 4.69) is 35.6 Å². The van der Waals surface area contributed by atoms with Crippen LogP contribution in [0.5, 0.6) is 0 Å². The summed E-state index contributed by atoms with van der Waals surface area (Å²) in [6.45, 7) is 1.26. The van der Waals surface area contributed by atoms with E-state index in [0.717, 1.165) is 17.9 Å². The quantitative estimate of drug-likeness (QED) is 0.789. The molecule has 2 saturated carbocycles. The van der Waals surface area contributed by atoms with Gasteiger partial charge in [0.25, 0.3) is 0 Å². The molecular weight excluding hydrogens is 182 g/mol. The van der Waals surface area contributed by atoms with Gasteiger partial charge in [-0.25, -0.2) is 0 Å². The maximum atomic E-state index is 3.71. The monoisotopic (exact) mass is 201 g/mol. The molecule has 2 fully saturated rings. The van der Waals surface area contributed by atoms with Crippen molar-refractivity contribution in [2.24, 2.45) is 5.92 Å². The van der Waals surface area contributed by atoms with Gasteiger partial charge in [0, 0.05) is 12.0 Å². The lowest BCUT2D eigenvalue weighted by Crippen LogP contribution is -2.29. The van der Waals surface area contributed by atoms with Crippen LogP contribution in [-0.4, -0.2) is 12.6 Å². The van der Waals surface area contributed by atoms with Crippen LogP contribution in [0.15, 0.2) is 30.3 Å². The van der Waals surface area contributed by atoms with E-state index in [4.69, 9.17) is 0 Å². The summed E-state index contributed by atoms with van der Waals surface area (Å²) in [5.74, 6) is 1.79. The molecule has 80 valence electrons. The summed E-state index contributed by atoms with van der Waals surface area (Å²) in [4.78, 5) is 0. The molecule has 2 aliphatic rings. The molecule has 1 N–H and O–H groups in total. The zero-order chi connectivity index (χ0) is 10.1. The molecule has 0 saturated heterocycles. The van der Waals surface area contributed by atoms with Gasteiger partial charge in [-0.05, 0) is 37.3 Å². The predicted octanol–water partition coefficient (Wildman–Crippen LogP) is 2.93. The highest BCUT2D eigenvalue weighted by Crippen LogP contribution is 2.41. The van der Waals surface area contributed by atoms with Crippen LogP contribution in [-0.2, 0) is 0 Å². The molecule has 1 aromatic rings. The Morgan fingerprint density at radius 3 is 2.60 bits per heavy atom. The number of rotatable bonds is 4. The van der Waals surface area contributed by atoms with Gasteiger partial charge in [0.2, 0.25) is 0 Å². The molecule has 2 unspecified atom stereocenters. The summed E-state index contributed by atoms with van der Waals surface area (Å²) < 4.78 is 0. The van der Waals surface area contributed by atoms with Crippen molar-refractivity contribution in [3.63, 3.8) is 0 Å². The van der Waals surface area contributed by atoms with Gasteiger partial charge < -0.3 is 5.32 Å². The molecule has 2 aliphatic carbocycles. The molecule has 0 radical (unpaired) electrons. The Balaban J connectivity index is 1.47. The summed E-state index contributed by atoms with van der Waals surface area (Å²) >= 11 is 0. The largest absolute Gasteiger partial charge is 0.313 e. The second-order valence-corrected chi connectivity index (χ2v) is 5.06. The minimum absolute atomic E-state index is 0.771. The van der Waals surface area contributed by atoms with E-state index >= 15 is 0 Å². The van der Waals surface area contributed by atoms with Gasteiger partial charge in [-0.15, -0.1) is 0 Å². The van der Waals surface area contributed by atoms with Crippen molar-refractivity contribution in [1.82, 2.24) is 5.32 Å². The highest BCUT2D eigenvalue weighted by molar-refractivity contribution is 5.27. The number of hydrogen-bond acceptors (Lipinski definition) is 1. The van der Waals surface area contributed by atoms with E-state index in [9.17, 15) is 0 Å². The summed E-state index contributed by atoms with van der Waals surface area (Å²) in [5.41, 5.74) is 1.52. The predicted molar refractivity (Wildman–Crippen MR) is 62.9 cm³/mol. The van der Waals surface area contributed by atoms with Crippen molar-refractivity contribution in [2.75, 3.05) is 6.54 Å².